The summed E-state index contributed by atoms with van der Waals surface area (Å²) in [5.74, 6) is 10.5. The van der Waals surface area contributed by atoms with E-state index in [0.717, 1.165) is 54.5 Å². The molecule has 154 valence electrons. The van der Waals surface area contributed by atoms with E-state index in [2.05, 4.69) is 38.4 Å². The maximum Gasteiger partial charge on any atom is 0.167 e. The maximum atomic E-state index is 9.05. The fourth-order valence-electron chi connectivity index (χ4n) is 4.53. The molecule has 1 saturated carbocycles. The summed E-state index contributed by atoms with van der Waals surface area (Å²) in [6.45, 7) is 5.96. The minimum absolute atomic E-state index is 0.248. The van der Waals surface area contributed by atoms with Gasteiger partial charge in [-0.2, -0.15) is 0 Å². The normalized spacial score (nSPS) is 22.5. The van der Waals surface area contributed by atoms with Crippen molar-refractivity contribution in [2.45, 2.75) is 19.9 Å². The largest absolute Gasteiger partial charge is 0.395 e. The van der Waals surface area contributed by atoms with Crippen LogP contribution >= 0.6 is 0 Å². The third-order valence-corrected chi connectivity index (χ3v) is 6.25. The van der Waals surface area contributed by atoms with Crippen LogP contribution in [0.4, 0.5) is 0 Å². The number of aliphatic hydroxyl groups is 1. The average molecular weight is 402 g/mol. The summed E-state index contributed by atoms with van der Waals surface area (Å²) in [4.78, 5) is 6.69. The van der Waals surface area contributed by atoms with E-state index < -0.39 is 0 Å². The van der Waals surface area contributed by atoms with E-state index in [1.54, 1.807) is 0 Å². The Morgan fingerprint density at radius 2 is 2.00 bits per heavy atom. The van der Waals surface area contributed by atoms with Gasteiger partial charge in [0.1, 0.15) is 11.5 Å². The van der Waals surface area contributed by atoms with Crippen LogP contribution in [0.25, 0.3) is 11.3 Å². The molecule has 1 aliphatic heterocycles. The summed E-state index contributed by atoms with van der Waals surface area (Å²) >= 11 is 0. The predicted octanol–water partition coefficient (Wildman–Crippen LogP) is 2.67. The summed E-state index contributed by atoms with van der Waals surface area (Å²) in [6, 6.07) is 10.2. The van der Waals surface area contributed by atoms with Gasteiger partial charge in [-0.3, -0.25) is 0 Å². The van der Waals surface area contributed by atoms with E-state index in [9.17, 15) is 0 Å². The highest BCUT2D eigenvalue weighted by Gasteiger charge is 2.54. The first-order valence-corrected chi connectivity index (χ1v) is 10.7. The lowest BCUT2D eigenvalue weighted by Crippen LogP contribution is -2.27. The van der Waals surface area contributed by atoms with E-state index >= 15 is 0 Å². The number of hydrogen-bond donors (Lipinski definition) is 1. The Morgan fingerprint density at radius 3 is 2.73 bits per heavy atom. The lowest BCUT2D eigenvalue weighted by molar-refractivity contribution is 0.206. The van der Waals surface area contributed by atoms with Gasteiger partial charge >= 0.3 is 0 Å². The van der Waals surface area contributed by atoms with Gasteiger partial charge in [-0.25, -0.2) is 4.98 Å². The summed E-state index contributed by atoms with van der Waals surface area (Å²) in [7, 11) is 0. The number of rotatable bonds is 6. The van der Waals surface area contributed by atoms with Crippen molar-refractivity contribution in [3.63, 3.8) is 0 Å². The molecule has 0 bridgehead atoms. The summed E-state index contributed by atoms with van der Waals surface area (Å²) < 4.78 is 7.65. The number of aromatic nitrogens is 3. The van der Waals surface area contributed by atoms with E-state index in [4.69, 9.17) is 9.63 Å². The standard InChI is InChI=1S/C24H26N4O2/c1-2-24-25-9-10-28(24)14-19-13-23(30-26-19)18-6-3-17(4-7-18)5-8-20-21-15-27(11-12-29)16-22(20)21/h3-4,6-7,9-10,13,20-22,29H,2,11-12,14-16H2,1H3. The van der Waals surface area contributed by atoms with Crippen LogP contribution in [0.15, 0.2) is 47.2 Å². The number of likely N-dealkylation sites (tertiary alicyclic amines) is 1. The first-order valence-electron chi connectivity index (χ1n) is 10.7. The number of benzene rings is 1. The number of fused-ring (bicyclic) bond motifs is 1. The second-order valence-corrected chi connectivity index (χ2v) is 8.19. The van der Waals surface area contributed by atoms with Crippen molar-refractivity contribution >= 4 is 0 Å². The first kappa shape index (κ1) is 19.1. The minimum atomic E-state index is 0.248. The number of aliphatic hydroxyl groups excluding tert-OH is 1. The third-order valence-electron chi connectivity index (χ3n) is 6.25. The molecule has 6 heteroatoms. The molecule has 1 aromatic carbocycles. The minimum Gasteiger partial charge on any atom is -0.395 e. The smallest absolute Gasteiger partial charge is 0.167 e. The summed E-state index contributed by atoms with van der Waals surface area (Å²) in [5, 5.41) is 13.3. The van der Waals surface area contributed by atoms with Gasteiger partial charge in [0.2, 0.25) is 0 Å². The van der Waals surface area contributed by atoms with Crippen LogP contribution in [0.2, 0.25) is 0 Å². The Bertz CT molecular complexity index is 1060. The number of β-amino-alcohol motifs (C(OH)–C–C–N with tert-alkyl or cyclic N) is 1. The Labute approximate surface area is 176 Å². The van der Waals surface area contributed by atoms with Crippen LogP contribution < -0.4 is 0 Å². The molecule has 2 unspecified atom stereocenters. The second-order valence-electron chi connectivity index (χ2n) is 8.19. The SMILES string of the molecule is CCc1nccn1Cc1cc(-c2ccc(C#CC3C4CN(CCO)CC34)cc2)on1. The van der Waals surface area contributed by atoms with Crippen molar-refractivity contribution in [1.82, 2.24) is 19.6 Å². The Kier molecular flexibility index (Phi) is 5.16. The average Bonchev–Trinajstić information content (AvgIpc) is 3.23. The Hall–Kier alpha value is -2.88. The molecule has 5 rings (SSSR count). The van der Waals surface area contributed by atoms with Gasteiger partial charge in [0, 0.05) is 61.6 Å². The molecule has 0 radical (unpaired) electrons. The molecule has 1 saturated heterocycles. The van der Waals surface area contributed by atoms with E-state index in [1.165, 1.54) is 0 Å². The van der Waals surface area contributed by atoms with Gasteiger partial charge in [-0.15, -0.1) is 0 Å². The zero-order valence-corrected chi connectivity index (χ0v) is 17.2. The quantitative estimate of drug-likeness (QED) is 0.642. The highest BCUT2D eigenvalue weighted by atomic mass is 16.5. The van der Waals surface area contributed by atoms with Crippen molar-refractivity contribution in [3.8, 4) is 23.2 Å². The topological polar surface area (TPSA) is 67.3 Å². The van der Waals surface area contributed by atoms with Crippen LogP contribution in [0.3, 0.4) is 0 Å². The molecule has 3 aromatic rings. The first-order chi connectivity index (χ1) is 14.7. The molecule has 30 heavy (non-hydrogen) atoms. The summed E-state index contributed by atoms with van der Waals surface area (Å²) in [6.07, 6.45) is 4.68. The molecule has 0 amide bonds. The molecule has 6 nitrogen and oxygen atoms in total. The molecule has 2 aliphatic rings. The lowest BCUT2D eigenvalue weighted by Gasteiger charge is -2.16. The number of piperidine rings is 1. The Balaban J connectivity index is 1.20. The molecule has 3 heterocycles. The molecule has 0 spiro atoms. The highest BCUT2D eigenvalue weighted by Crippen LogP contribution is 2.51. The van der Waals surface area contributed by atoms with Gasteiger partial charge < -0.3 is 19.1 Å². The van der Waals surface area contributed by atoms with Gasteiger partial charge in [-0.1, -0.05) is 23.9 Å². The van der Waals surface area contributed by atoms with Crippen molar-refractivity contribution in [2.75, 3.05) is 26.2 Å². The van der Waals surface area contributed by atoms with Crippen LogP contribution in [0, 0.1) is 29.6 Å². The third kappa shape index (κ3) is 3.79. The molecule has 2 aromatic heterocycles. The number of imidazole rings is 1. The van der Waals surface area contributed by atoms with E-state index in [1.807, 2.05) is 42.7 Å². The van der Waals surface area contributed by atoms with E-state index in [-0.39, 0.29) is 6.61 Å². The molecule has 1 aliphatic carbocycles. The van der Waals surface area contributed by atoms with Crippen molar-refractivity contribution in [2.24, 2.45) is 17.8 Å². The molecular formula is C24H26N4O2. The van der Waals surface area contributed by atoms with Gasteiger partial charge in [0.15, 0.2) is 5.76 Å². The maximum absolute atomic E-state index is 9.05. The monoisotopic (exact) mass is 402 g/mol. The summed E-state index contributed by atoms with van der Waals surface area (Å²) in [5.41, 5.74) is 2.92. The molecule has 2 fully saturated rings. The van der Waals surface area contributed by atoms with E-state index in [0.29, 0.717) is 24.3 Å². The van der Waals surface area contributed by atoms with Crippen LogP contribution in [0.5, 0.6) is 0 Å². The number of nitrogens with zero attached hydrogens (tertiary/aromatic N) is 4. The zero-order valence-electron chi connectivity index (χ0n) is 17.2. The van der Waals surface area contributed by atoms with Crippen LogP contribution in [-0.4, -0.2) is 51.0 Å². The number of aryl methyl sites for hydroxylation is 1. The second kappa shape index (κ2) is 8.10. The molecule has 2 atom stereocenters. The molecular weight excluding hydrogens is 376 g/mol. The van der Waals surface area contributed by atoms with Crippen LogP contribution in [-0.2, 0) is 13.0 Å². The fraction of sp³-hybridized carbons (Fsp3) is 0.417. The number of hydrogen-bond acceptors (Lipinski definition) is 5. The van der Waals surface area contributed by atoms with Crippen molar-refractivity contribution < 1.29 is 9.63 Å². The zero-order chi connectivity index (χ0) is 20.5. The van der Waals surface area contributed by atoms with Gasteiger partial charge in [-0.05, 0) is 36.1 Å². The van der Waals surface area contributed by atoms with Crippen molar-refractivity contribution in [3.05, 3.63) is 59.8 Å². The fourth-order valence-corrected chi connectivity index (χ4v) is 4.53. The lowest BCUT2D eigenvalue weighted by atomic mass is 10.1. The van der Waals surface area contributed by atoms with Crippen LogP contribution in [0.1, 0.15) is 24.0 Å². The van der Waals surface area contributed by atoms with Gasteiger partial charge in [0.25, 0.3) is 0 Å². The van der Waals surface area contributed by atoms with Gasteiger partial charge in [0.05, 0.1) is 13.2 Å². The Morgan fingerprint density at radius 1 is 1.20 bits per heavy atom. The van der Waals surface area contributed by atoms with Crippen molar-refractivity contribution in [1.29, 1.82) is 0 Å². The highest BCUT2D eigenvalue weighted by molar-refractivity contribution is 5.59. The molecule has 1 N–H and O–H groups in total. The predicted molar refractivity (Wildman–Crippen MR) is 114 cm³/mol.